The van der Waals surface area contributed by atoms with Crippen molar-refractivity contribution in [2.45, 2.75) is 6.54 Å². The van der Waals surface area contributed by atoms with Crippen LogP contribution in [0.2, 0.25) is 10.0 Å². The average molecular weight is 568 g/mol. The number of nitrogens with one attached hydrogen (secondary N) is 1. The van der Waals surface area contributed by atoms with Gasteiger partial charge in [-0.15, -0.1) is 0 Å². The van der Waals surface area contributed by atoms with Gasteiger partial charge in [-0.25, -0.2) is 13.8 Å². The Balaban J connectivity index is 0.000000183. The molecule has 198 valence electrons. The number of rotatable bonds is 4. The van der Waals surface area contributed by atoms with Crippen molar-refractivity contribution in [3.8, 4) is 5.69 Å². The maximum atomic E-state index is 14.0. The summed E-state index contributed by atoms with van der Waals surface area (Å²) in [7, 11) is 0. The first-order chi connectivity index (χ1) is 18.7. The fourth-order valence-electron chi connectivity index (χ4n) is 3.78. The van der Waals surface area contributed by atoms with Crippen LogP contribution < -0.4 is 22.3 Å². The molecule has 0 atom stereocenters. The minimum Gasteiger partial charge on any atom is -0.398 e. The van der Waals surface area contributed by atoms with E-state index in [0.29, 0.717) is 27.2 Å². The fraction of sp³-hybridized carbons (Fsp3) is 0.0357. The number of nitrogens with two attached hydrogens (primary N) is 2. The Labute approximate surface area is 231 Å². The summed E-state index contributed by atoms with van der Waals surface area (Å²) in [5.74, 6) is -1.58. The van der Waals surface area contributed by atoms with Gasteiger partial charge in [-0.3, -0.25) is 14.2 Å². The number of amides is 1. The number of anilines is 2. The summed E-state index contributed by atoms with van der Waals surface area (Å²) >= 11 is 12.0. The SMILES string of the molecule is NCc1nc2cccc(F)c2c(=O)n1-c1ccccc1Cl.Nc1cccc(F)c1C(=O)Nc1ccccc1Cl. The molecule has 0 saturated carbocycles. The molecule has 5 aromatic rings. The Morgan fingerprint density at radius 1 is 0.872 bits per heavy atom. The van der Waals surface area contributed by atoms with E-state index in [4.69, 9.17) is 34.7 Å². The van der Waals surface area contributed by atoms with Crippen molar-refractivity contribution >= 4 is 51.4 Å². The van der Waals surface area contributed by atoms with E-state index in [1.807, 2.05) is 0 Å². The number of nitrogens with zero attached hydrogens (tertiary/aromatic N) is 2. The smallest absolute Gasteiger partial charge is 0.269 e. The molecular formula is C28H21Cl2F2N5O2. The van der Waals surface area contributed by atoms with E-state index in [9.17, 15) is 18.4 Å². The van der Waals surface area contributed by atoms with Gasteiger partial charge in [-0.1, -0.05) is 59.6 Å². The maximum Gasteiger partial charge on any atom is 0.269 e. The van der Waals surface area contributed by atoms with Gasteiger partial charge in [-0.2, -0.15) is 0 Å². The molecule has 4 aromatic carbocycles. The largest absolute Gasteiger partial charge is 0.398 e. The Bertz CT molecular complexity index is 1720. The monoisotopic (exact) mass is 567 g/mol. The Hall–Kier alpha value is -4.31. The van der Waals surface area contributed by atoms with Gasteiger partial charge in [0, 0.05) is 5.69 Å². The van der Waals surface area contributed by atoms with Crippen LogP contribution in [0.15, 0.2) is 89.7 Å². The van der Waals surface area contributed by atoms with E-state index in [-0.39, 0.29) is 28.7 Å². The minimum absolute atomic E-state index is 0.0346. The first-order valence-electron chi connectivity index (χ1n) is 11.5. The number of fused-ring (bicyclic) bond motifs is 1. The van der Waals surface area contributed by atoms with Crippen molar-refractivity contribution in [2.24, 2.45) is 5.73 Å². The molecule has 0 bridgehead atoms. The highest BCUT2D eigenvalue weighted by Gasteiger charge is 2.17. The van der Waals surface area contributed by atoms with Crippen molar-refractivity contribution in [2.75, 3.05) is 11.1 Å². The van der Waals surface area contributed by atoms with Gasteiger partial charge in [0.15, 0.2) is 0 Å². The fourth-order valence-corrected chi connectivity index (χ4v) is 4.19. The highest BCUT2D eigenvalue weighted by atomic mass is 35.5. The Morgan fingerprint density at radius 3 is 2.18 bits per heavy atom. The standard InChI is InChI=1S/C15H11ClFN3O.C13H10ClFN2O/c16-9-4-1-2-7-12(9)20-13(8-18)19-11-6-3-5-10(17)14(11)15(20)21;14-8-4-1-2-7-11(8)17-13(18)12-9(15)5-3-6-10(12)16/h1-7H,8,18H2;1-7H,16H2,(H,17,18). The highest BCUT2D eigenvalue weighted by Crippen LogP contribution is 2.24. The van der Waals surface area contributed by atoms with Crippen LogP contribution in [0.3, 0.4) is 0 Å². The Kier molecular flexibility index (Phi) is 8.55. The summed E-state index contributed by atoms with van der Waals surface area (Å²) in [5, 5.41) is 3.19. The number of nitrogen functional groups attached to an aromatic ring is 1. The molecule has 1 aromatic heterocycles. The third kappa shape index (κ3) is 5.91. The summed E-state index contributed by atoms with van der Waals surface area (Å²) in [5.41, 5.74) is 11.8. The Morgan fingerprint density at radius 2 is 1.51 bits per heavy atom. The van der Waals surface area contributed by atoms with E-state index in [0.717, 1.165) is 0 Å². The molecule has 11 heteroatoms. The molecule has 0 fully saturated rings. The normalized spacial score (nSPS) is 10.6. The molecule has 0 aliphatic carbocycles. The number of benzene rings is 4. The molecule has 5 rings (SSSR count). The summed E-state index contributed by atoms with van der Waals surface area (Å²) in [6.07, 6.45) is 0. The molecule has 0 spiro atoms. The second-order valence-electron chi connectivity index (χ2n) is 8.10. The van der Waals surface area contributed by atoms with Gasteiger partial charge in [0.25, 0.3) is 11.5 Å². The van der Waals surface area contributed by atoms with Gasteiger partial charge in [-0.05, 0) is 48.5 Å². The summed E-state index contributed by atoms with van der Waals surface area (Å²) in [4.78, 5) is 28.8. The van der Waals surface area contributed by atoms with Gasteiger partial charge in [0.1, 0.15) is 22.8 Å². The number of carbonyl (C=O) groups excluding carboxylic acids is 1. The lowest BCUT2D eigenvalue weighted by Gasteiger charge is -2.13. The summed E-state index contributed by atoms with van der Waals surface area (Å²) in [6, 6.07) is 21.9. The molecule has 0 unspecified atom stereocenters. The summed E-state index contributed by atoms with van der Waals surface area (Å²) < 4.78 is 28.7. The predicted octanol–water partition coefficient (Wildman–Crippen LogP) is 5.95. The van der Waals surface area contributed by atoms with E-state index in [1.165, 1.54) is 34.9 Å². The topological polar surface area (TPSA) is 116 Å². The number of hydrogen-bond acceptors (Lipinski definition) is 5. The van der Waals surface area contributed by atoms with Crippen molar-refractivity contribution in [1.82, 2.24) is 9.55 Å². The lowest BCUT2D eigenvalue weighted by atomic mass is 10.1. The number of carbonyl (C=O) groups is 1. The van der Waals surface area contributed by atoms with Crippen LogP contribution in [-0.2, 0) is 6.54 Å². The lowest BCUT2D eigenvalue weighted by molar-refractivity contribution is 0.102. The summed E-state index contributed by atoms with van der Waals surface area (Å²) in [6.45, 7) is 0.0346. The van der Waals surface area contributed by atoms with Crippen LogP contribution in [0.4, 0.5) is 20.2 Å². The maximum absolute atomic E-state index is 14.0. The van der Waals surface area contributed by atoms with Crippen LogP contribution in [0.25, 0.3) is 16.6 Å². The zero-order chi connectivity index (χ0) is 28.1. The quantitative estimate of drug-likeness (QED) is 0.232. The van der Waals surface area contributed by atoms with Gasteiger partial charge < -0.3 is 16.8 Å². The molecule has 0 saturated heterocycles. The van der Waals surface area contributed by atoms with Gasteiger partial charge >= 0.3 is 0 Å². The number of halogens is 4. The lowest BCUT2D eigenvalue weighted by Crippen LogP contribution is -2.26. The second-order valence-corrected chi connectivity index (χ2v) is 8.91. The van der Waals surface area contributed by atoms with E-state index in [1.54, 1.807) is 54.6 Å². The van der Waals surface area contributed by atoms with Crippen molar-refractivity contribution in [1.29, 1.82) is 0 Å². The third-order valence-electron chi connectivity index (χ3n) is 5.59. The van der Waals surface area contributed by atoms with Crippen molar-refractivity contribution in [3.63, 3.8) is 0 Å². The highest BCUT2D eigenvalue weighted by molar-refractivity contribution is 6.34. The predicted molar refractivity (Wildman–Crippen MR) is 150 cm³/mol. The average Bonchev–Trinajstić information content (AvgIpc) is 2.91. The van der Waals surface area contributed by atoms with Crippen LogP contribution >= 0.6 is 23.2 Å². The van der Waals surface area contributed by atoms with Crippen LogP contribution in [0.5, 0.6) is 0 Å². The van der Waals surface area contributed by atoms with Crippen LogP contribution in [-0.4, -0.2) is 15.5 Å². The molecule has 7 nitrogen and oxygen atoms in total. The molecule has 0 aliphatic heterocycles. The third-order valence-corrected chi connectivity index (χ3v) is 6.24. The second kappa shape index (κ2) is 12.0. The molecule has 1 amide bonds. The van der Waals surface area contributed by atoms with Crippen LogP contribution in [0.1, 0.15) is 16.2 Å². The molecule has 0 radical (unpaired) electrons. The zero-order valence-electron chi connectivity index (χ0n) is 20.2. The molecular weight excluding hydrogens is 547 g/mol. The number of para-hydroxylation sites is 2. The minimum atomic E-state index is -0.667. The first kappa shape index (κ1) is 27.7. The van der Waals surface area contributed by atoms with Crippen molar-refractivity contribution < 1.29 is 13.6 Å². The molecule has 1 heterocycles. The zero-order valence-corrected chi connectivity index (χ0v) is 21.7. The first-order valence-corrected chi connectivity index (χ1v) is 12.2. The van der Waals surface area contributed by atoms with Crippen LogP contribution in [0, 0.1) is 11.6 Å². The van der Waals surface area contributed by atoms with Gasteiger partial charge in [0.05, 0.1) is 39.0 Å². The van der Waals surface area contributed by atoms with E-state index in [2.05, 4.69) is 10.3 Å². The van der Waals surface area contributed by atoms with E-state index >= 15 is 0 Å². The van der Waals surface area contributed by atoms with Crippen molar-refractivity contribution in [3.05, 3.63) is 128 Å². The number of aromatic nitrogens is 2. The molecule has 5 N–H and O–H groups in total. The molecule has 0 aliphatic rings. The van der Waals surface area contributed by atoms with Gasteiger partial charge in [0.2, 0.25) is 0 Å². The number of hydrogen-bond donors (Lipinski definition) is 3. The van der Waals surface area contributed by atoms with E-state index < -0.39 is 23.1 Å². The molecule has 39 heavy (non-hydrogen) atoms.